The fourth-order valence-corrected chi connectivity index (χ4v) is 5.70. The van der Waals surface area contributed by atoms with Gasteiger partial charge in [0, 0.05) is 11.3 Å². The van der Waals surface area contributed by atoms with Gasteiger partial charge in [0.25, 0.3) is 5.91 Å². The number of fused-ring (bicyclic) bond motifs is 5. The maximum absolute atomic E-state index is 13.0. The van der Waals surface area contributed by atoms with Gasteiger partial charge in [-0.2, -0.15) is 0 Å². The molecule has 5 nitrogen and oxygen atoms in total. The normalized spacial score (nSPS) is 27.4. The molecule has 3 aliphatic rings. The molecule has 0 radical (unpaired) electrons. The molecular formula is C24H24N2O3. The molecule has 1 N–H and O–H groups in total. The van der Waals surface area contributed by atoms with Crippen LogP contribution in [-0.4, -0.2) is 17.7 Å². The molecule has 29 heavy (non-hydrogen) atoms. The van der Waals surface area contributed by atoms with E-state index in [4.69, 9.17) is 0 Å². The molecule has 2 aromatic rings. The summed E-state index contributed by atoms with van der Waals surface area (Å²) >= 11 is 0. The molecule has 148 valence electrons. The molecule has 2 aromatic carbocycles. The van der Waals surface area contributed by atoms with E-state index in [-0.39, 0.29) is 29.6 Å². The van der Waals surface area contributed by atoms with Gasteiger partial charge < -0.3 is 5.32 Å². The summed E-state index contributed by atoms with van der Waals surface area (Å²) in [4.78, 5) is 40.2. The minimum atomic E-state index is -0.254. The number of imide groups is 1. The zero-order chi connectivity index (χ0) is 20.3. The molecule has 0 unspecified atom stereocenters. The number of hydrogen-bond donors (Lipinski definition) is 1. The van der Waals surface area contributed by atoms with Gasteiger partial charge in [0.1, 0.15) is 0 Å². The highest BCUT2D eigenvalue weighted by Gasteiger charge is 2.61. The van der Waals surface area contributed by atoms with E-state index in [9.17, 15) is 14.4 Å². The van der Waals surface area contributed by atoms with Crippen molar-refractivity contribution in [2.45, 2.75) is 33.1 Å². The van der Waals surface area contributed by atoms with Crippen LogP contribution in [-0.2, 0) is 9.59 Å². The molecule has 1 aliphatic heterocycles. The molecule has 3 fully saturated rings. The number of nitrogens with one attached hydrogen (secondary N) is 1. The lowest BCUT2D eigenvalue weighted by Gasteiger charge is -2.19. The van der Waals surface area contributed by atoms with Crippen molar-refractivity contribution in [1.29, 1.82) is 0 Å². The molecule has 4 atom stereocenters. The number of aryl methyl sites for hydroxylation is 2. The fourth-order valence-electron chi connectivity index (χ4n) is 5.70. The maximum atomic E-state index is 13.0. The summed E-state index contributed by atoms with van der Waals surface area (Å²) in [6, 6.07) is 12.7. The number of carbonyl (C=O) groups excluding carboxylic acids is 3. The van der Waals surface area contributed by atoms with Crippen molar-refractivity contribution in [3.05, 3.63) is 59.2 Å². The zero-order valence-electron chi connectivity index (χ0n) is 16.6. The average molecular weight is 388 g/mol. The summed E-state index contributed by atoms with van der Waals surface area (Å²) in [6.45, 7) is 3.97. The molecule has 2 saturated carbocycles. The number of carbonyl (C=O) groups is 3. The van der Waals surface area contributed by atoms with Crippen LogP contribution in [0.4, 0.5) is 11.4 Å². The van der Waals surface area contributed by atoms with E-state index in [2.05, 4.69) is 5.32 Å². The largest absolute Gasteiger partial charge is 0.322 e. The van der Waals surface area contributed by atoms with E-state index in [1.807, 2.05) is 32.0 Å². The fraction of sp³-hybridized carbons (Fsp3) is 0.375. The van der Waals surface area contributed by atoms with Gasteiger partial charge in [-0.15, -0.1) is 0 Å². The van der Waals surface area contributed by atoms with Crippen LogP contribution in [0.25, 0.3) is 0 Å². The zero-order valence-corrected chi connectivity index (χ0v) is 16.6. The lowest BCUT2D eigenvalue weighted by Crippen LogP contribution is -2.33. The van der Waals surface area contributed by atoms with Crippen LogP contribution in [0.1, 0.15) is 40.7 Å². The summed E-state index contributed by atoms with van der Waals surface area (Å²) in [5.74, 6) is -0.0395. The van der Waals surface area contributed by atoms with Crippen LogP contribution in [0, 0.1) is 37.5 Å². The first-order chi connectivity index (χ1) is 13.9. The summed E-state index contributed by atoms with van der Waals surface area (Å²) < 4.78 is 0. The van der Waals surface area contributed by atoms with Crippen molar-refractivity contribution >= 4 is 29.1 Å². The van der Waals surface area contributed by atoms with Crippen LogP contribution in [0.5, 0.6) is 0 Å². The van der Waals surface area contributed by atoms with Gasteiger partial charge in [-0.3, -0.25) is 19.3 Å². The summed E-state index contributed by atoms with van der Waals surface area (Å²) in [5, 5.41) is 2.92. The quantitative estimate of drug-likeness (QED) is 0.806. The Kier molecular flexibility index (Phi) is 4.09. The number of rotatable bonds is 3. The second-order valence-electron chi connectivity index (χ2n) is 8.78. The van der Waals surface area contributed by atoms with Crippen molar-refractivity contribution in [3.63, 3.8) is 0 Å². The van der Waals surface area contributed by atoms with Gasteiger partial charge >= 0.3 is 0 Å². The molecule has 2 aliphatic carbocycles. The standard InChI is InChI=1S/C24H24N2O3/c1-13-8-14(2)10-18(9-13)25-22(27)17-4-3-5-19(12-17)26-23(28)20-15-6-7-16(11-15)21(20)24(26)29/h3-5,8-10,12,15-16,20-21H,6-7,11H2,1-2H3,(H,25,27)/t15-,16+,20-,21+. The van der Waals surface area contributed by atoms with Crippen LogP contribution < -0.4 is 10.2 Å². The van der Waals surface area contributed by atoms with E-state index in [0.29, 0.717) is 23.1 Å². The van der Waals surface area contributed by atoms with Gasteiger partial charge in [0.2, 0.25) is 11.8 Å². The molecule has 0 aromatic heterocycles. The van der Waals surface area contributed by atoms with Crippen LogP contribution >= 0.6 is 0 Å². The van der Waals surface area contributed by atoms with E-state index in [1.54, 1.807) is 24.3 Å². The Balaban J connectivity index is 1.41. The number of anilines is 2. The molecule has 2 bridgehead atoms. The van der Waals surface area contributed by atoms with Gasteiger partial charge in [-0.25, -0.2) is 0 Å². The van der Waals surface area contributed by atoms with E-state index < -0.39 is 0 Å². The summed E-state index contributed by atoms with van der Waals surface area (Å²) in [7, 11) is 0. The minimum Gasteiger partial charge on any atom is -0.322 e. The predicted molar refractivity (Wildman–Crippen MR) is 111 cm³/mol. The van der Waals surface area contributed by atoms with E-state index in [1.165, 1.54) is 4.90 Å². The van der Waals surface area contributed by atoms with Gasteiger partial charge in [-0.05, 0) is 86.4 Å². The summed E-state index contributed by atoms with van der Waals surface area (Å²) in [5.41, 5.74) is 3.81. The Labute approximate surface area is 170 Å². The van der Waals surface area contributed by atoms with Gasteiger partial charge in [0.05, 0.1) is 17.5 Å². The van der Waals surface area contributed by atoms with Crippen LogP contribution in [0.2, 0.25) is 0 Å². The van der Waals surface area contributed by atoms with E-state index >= 15 is 0 Å². The first-order valence-corrected chi connectivity index (χ1v) is 10.3. The van der Waals surface area contributed by atoms with Crippen LogP contribution in [0.15, 0.2) is 42.5 Å². The number of hydrogen-bond acceptors (Lipinski definition) is 3. The highest BCUT2D eigenvalue weighted by Crippen LogP contribution is 2.56. The maximum Gasteiger partial charge on any atom is 0.255 e. The second-order valence-corrected chi connectivity index (χ2v) is 8.78. The third-order valence-corrected chi connectivity index (χ3v) is 6.77. The van der Waals surface area contributed by atoms with Crippen molar-refractivity contribution < 1.29 is 14.4 Å². The summed E-state index contributed by atoms with van der Waals surface area (Å²) in [6.07, 6.45) is 3.12. The third kappa shape index (κ3) is 2.87. The molecule has 0 spiro atoms. The molecule has 1 heterocycles. The highest BCUT2D eigenvalue weighted by molar-refractivity contribution is 6.23. The average Bonchev–Trinajstić information content (AvgIpc) is 3.35. The monoisotopic (exact) mass is 388 g/mol. The molecule has 5 heteroatoms. The first-order valence-electron chi connectivity index (χ1n) is 10.3. The third-order valence-electron chi connectivity index (χ3n) is 6.77. The molecular weight excluding hydrogens is 364 g/mol. The van der Waals surface area contributed by atoms with Crippen molar-refractivity contribution in [2.75, 3.05) is 10.2 Å². The second kappa shape index (κ2) is 6.55. The highest BCUT2D eigenvalue weighted by atomic mass is 16.2. The topological polar surface area (TPSA) is 66.5 Å². The number of benzene rings is 2. The Morgan fingerprint density at radius 3 is 2.17 bits per heavy atom. The number of amides is 3. The lowest BCUT2D eigenvalue weighted by molar-refractivity contribution is -0.123. The van der Waals surface area contributed by atoms with Crippen molar-refractivity contribution in [2.24, 2.45) is 23.7 Å². The molecule has 5 rings (SSSR count). The Bertz CT molecular complexity index is 996. The number of nitrogens with zero attached hydrogens (tertiary/aromatic N) is 1. The molecule has 1 saturated heterocycles. The Morgan fingerprint density at radius 1 is 0.931 bits per heavy atom. The Hall–Kier alpha value is -2.95. The first kappa shape index (κ1) is 18.1. The Morgan fingerprint density at radius 2 is 1.55 bits per heavy atom. The molecule has 3 amide bonds. The smallest absolute Gasteiger partial charge is 0.255 e. The van der Waals surface area contributed by atoms with Crippen molar-refractivity contribution in [3.8, 4) is 0 Å². The SMILES string of the molecule is Cc1cc(C)cc(NC(=O)c2cccc(N3C(=O)[C@@H]4[C@@H]5CC[C@@H](C5)[C@@H]4C3=O)c2)c1. The lowest BCUT2D eigenvalue weighted by atomic mass is 9.81. The minimum absolute atomic E-state index is 0.0842. The van der Waals surface area contributed by atoms with Crippen molar-refractivity contribution in [1.82, 2.24) is 0 Å². The van der Waals surface area contributed by atoms with E-state index in [0.717, 1.165) is 36.1 Å². The predicted octanol–water partition coefficient (Wildman–Crippen LogP) is 4.09. The van der Waals surface area contributed by atoms with Crippen LogP contribution in [0.3, 0.4) is 0 Å². The van der Waals surface area contributed by atoms with Gasteiger partial charge in [-0.1, -0.05) is 12.1 Å². The van der Waals surface area contributed by atoms with Gasteiger partial charge in [0.15, 0.2) is 0 Å².